The molecule has 2 heterocycles. The first-order chi connectivity index (χ1) is 9.92. The van der Waals surface area contributed by atoms with Gasteiger partial charge in [-0.25, -0.2) is 4.98 Å². The van der Waals surface area contributed by atoms with E-state index in [-0.39, 0.29) is 30.8 Å². The van der Waals surface area contributed by atoms with E-state index in [9.17, 15) is 13.2 Å². The second kappa shape index (κ2) is 6.71. The molecule has 7 nitrogen and oxygen atoms in total. The van der Waals surface area contributed by atoms with Crippen molar-refractivity contribution < 1.29 is 17.9 Å². The van der Waals surface area contributed by atoms with Gasteiger partial charge in [-0.2, -0.15) is 12.7 Å². The molecular formula is C12H16BrN3O4S. The van der Waals surface area contributed by atoms with Gasteiger partial charge in [-0.3, -0.25) is 9.52 Å². The minimum absolute atomic E-state index is 0.231. The normalized spacial score (nSPS) is 17.4. The van der Waals surface area contributed by atoms with E-state index in [2.05, 4.69) is 30.4 Å². The van der Waals surface area contributed by atoms with E-state index in [1.807, 2.05) is 0 Å². The van der Waals surface area contributed by atoms with Crippen molar-refractivity contribution in [2.24, 2.45) is 5.92 Å². The van der Waals surface area contributed by atoms with Gasteiger partial charge in [-0.1, -0.05) is 6.07 Å². The van der Waals surface area contributed by atoms with Gasteiger partial charge in [0.1, 0.15) is 10.4 Å². The first-order valence-electron chi connectivity index (χ1n) is 6.40. The van der Waals surface area contributed by atoms with Gasteiger partial charge in [0, 0.05) is 13.1 Å². The fraction of sp³-hybridized carbons (Fsp3) is 0.500. The van der Waals surface area contributed by atoms with E-state index >= 15 is 0 Å². The lowest BCUT2D eigenvalue weighted by atomic mass is 9.99. The molecule has 0 unspecified atom stereocenters. The molecule has 2 rings (SSSR count). The summed E-state index contributed by atoms with van der Waals surface area (Å²) in [6, 6.07) is 4.97. The van der Waals surface area contributed by atoms with E-state index in [4.69, 9.17) is 0 Å². The molecule has 1 aromatic heterocycles. The number of esters is 1. The monoisotopic (exact) mass is 377 g/mol. The maximum Gasteiger partial charge on any atom is 0.308 e. The molecule has 0 aliphatic carbocycles. The first-order valence-corrected chi connectivity index (χ1v) is 8.64. The van der Waals surface area contributed by atoms with Crippen molar-refractivity contribution in [2.75, 3.05) is 24.9 Å². The first kappa shape index (κ1) is 16.2. The summed E-state index contributed by atoms with van der Waals surface area (Å²) in [6.07, 6.45) is 0.916. The van der Waals surface area contributed by atoms with Crippen LogP contribution in [0.2, 0.25) is 0 Å². The number of piperidine rings is 1. The molecule has 1 aliphatic rings. The molecule has 0 atom stereocenters. The Kier molecular flexibility index (Phi) is 5.17. The molecule has 1 fully saturated rings. The number of nitrogens with zero attached hydrogens (tertiary/aromatic N) is 2. The third kappa shape index (κ3) is 4.14. The van der Waals surface area contributed by atoms with Gasteiger partial charge in [-0.05, 0) is 40.9 Å². The molecule has 0 saturated carbocycles. The zero-order valence-corrected chi connectivity index (χ0v) is 13.9. The lowest BCUT2D eigenvalue weighted by Gasteiger charge is -2.29. The Morgan fingerprint density at radius 1 is 1.43 bits per heavy atom. The van der Waals surface area contributed by atoms with Crippen LogP contribution in [0.15, 0.2) is 22.8 Å². The van der Waals surface area contributed by atoms with Gasteiger partial charge < -0.3 is 4.74 Å². The fourth-order valence-electron chi connectivity index (χ4n) is 2.16. The molecule has 0 radical (unpaired) electrons. The molecule has 0 aromatic carbocycles. The number of hydrogen-bond acceptors (Lipinski definition) is 5. The molecule has 1 saturated heterocycles. The summed E-state index contributed by atoms with van der Waals surface area (Å²) in [4.78, 5) is 15.5. The van der Waals surface area contributed by atoms with Crippen LogP contribution in [0, 0.1) is 5.92 Å². The Labute approximate surface area is 132 Å². The number of methoxy groups -OCH3 is 1. The van der Waals surface area contributed by atoms with Crippen LogP contribution < -0.4 is 4.72 Å². The number of anilines is 1. The number of ether oxygens (including phenoxy) is 1. The van der Waals surface area contributed by atoms with Crippen LogP contribution in [0.3, 0.4) is 0 Å². The number of hydrogen-bond donors (Lipinski definition) is 1. The summed E-state index contributed by atoms with van der Waals surface area (Å²) in [7, 11) is -2.32. The average Bonchev–Trinajstić information content (AvgIpc) is 2.46. The summed E-state index contributed by atoms with van der Waals surface area (Å²) in [5.41, 5.74) is 0. The van der Waals surface area contributed by atoms with Crippen LogP contribution in [-0.2, 0) is 19.7 Å². The standard InChI is InChI=1S/C12H16BrN3O4S/c1-20-12(17)9-5-7-16(8-6-9)21(18,19)15-11-4-2-3-10(13)14-11/h2-4,9H,5-8H2,1H3,(H,14,15). The van der Waals surface area contributed by atoms with Crippen LogP contribution in [-0.4, -0.2) is 43.9 Å². The fourth-order valence-corrected chi connectivity index (χ4v) is 3.70. The van der Waals surface area contributed by atoms with Gasteiger partial charge in [-0.15, -0.1) is 0 Å². The quantitative estimate of drug-likeness (QED) is 0.632. The van der Waals surface area contributed by atoms with Gasteiger partial charge in [0.2, 0.25) is 0 Å². The number of aromatic nitrogens is 1. The van der Waals surface area contributed by atoms with Crippen molar-refractivity contribution in [1.82, 2.24) is 9.29 Å². The minimum Gasteiger partial charge on any atom is -0.469 e. The molecule has 9 heteroatoms. The zero-order valence-electron chi connectivity index (χ0n) is 11.5. The topological polar surface area (TPSA) is 88.6 Å². The van der Waals surface area contributed by atoms with Gasteiger partial charge >= 0.3 is 16.2 Å². The molecule has 0 amide bonds. The van der Waals surface area contributed by atoms with E-state index in [1.54, 1.807) is 18.2 Å². The number of carbonyl (C=O) groups is 1. The average molecular weight is 378 g/mol. The maximum absolute atomic E-state index is 12.3. The van der Waals surface area contributed by atoms with Crippen LogP contribution in [0.25, 0.3) is 0 Å². The van der Waals surface area contributed by atoms with Gasteiger partial charge in [0.05, 0.1) is 13.0 Å². The van der Waals surface area contributed by atoms with E-state index < -0.39 is 10.2 Å². The highest BCUT2D eigenvalue weighted by atomic mass is 79.9. The third-order valence-electron chi connectivity index (χ3n) is 3.28. The van der Waals surface area contributed by atoms with E-state index in [1.165, 1.54) is 11.4 Å². The molecule has 116 valence electrons. The number of rotatable bonds is 4. The molecule has 0 spiro atoms. The van der Waals surface area contributed by atoms with Gasteiger partial charge in [0.15, 0.2) is 0 Å². The molecule has 1 N–H and O–H groups in total. The summed E-state index contributed by atoms with van der Waals surface area (Å²) < 4.78 is 33.5. The minimum atomic E-state index is -3.66. The molecule has 1 aliphatic heterocycles. The predicted molar refractivity (Wildman–Crippen MR) is 80.8 cm³/mol. The second-order valence-electron chi connectivity index (χ2n) is 4.65. The van der Waals surface area contributed by atoms with Crippen molar-refractivity contribution in [1.29, 1.82) is 0 Å². The number of pyridine rings is 1. The van der Waals surface area contributed by atoms with Crippen LogP contribution >= 0.6 is 15.9 Å². The Bertz CT molecular complexity index is 615. The predicted octanol–water partition coefficient (Wildman–Crippen LogP) is 1.39. The summed E-state index contributed by atoms with van der Waals surface area (Å²) in [5.74, 6) is -0.265. The van der Waals surface area contributed by atoms with Crippen molar-refractivity contribution in [2.45, 2.75) is 12.8 Å². The van der Waals surface area contributed by atoms with Crippen LogP contribution in [0.4, 0.5) is 5.82 Å². The molecular weight excluding hydrogens is 362 g/mol. The second-order valence-corrected chi connectivity index (χ2v) is 7.13. The SMILES string of the molecule is COC(=O)C1CCN(S(=O)(=O)Nc2cccc(Br)n2)CC1. The number of halogens is 1. The Morgan fingerprint density at radius 3 is 2.67 bits per heavy atom. The Balaban J connectivity index is 2.00. The highest BCUT2D eigenvalue weighted by Crippen LogP contribution is 2.21. The highest BCUT2D eigenvalue weighted by molar-refractivity contribution is 9.10. The van der Waals surface area contributed by atoms with E-state index in [0.717, 1.165) is 0 Å². The number of carbonyl (C=O) groups excluding carboxylic acids is 1. The Morgan fingerprint density at radius 2 is 2.10 bits per heavy atom. The van der Waals surface area contributed by atoms with Crippen molar-refractivity contribution in [3.63, 3.8) is 0 Å². The lowest BCUT2D eigenvalue weighted by Crippen LogP contribution is -2.43. The zero-order chi connectivity index (χ0) is 15.5. The lowest BCUT2D eigenvalue weighted by molar-refractivity contribution is -0.146. The summed E-state index contributed by atoms with van der Waals surface area (Å²) >= 11 is 3.19. The summed E-state index contributed by atoms with van der Waals surface area (Å²) in [5, 5.41) is 0. The van der Waals surface area contributed by atoms with Crippen molar-refractivity contribution in [3.8, 4) is 0 Å². The smallest absolute Gasteiger partial charge is 0.308 e. The Hall–Kier alpha value is -1.19. The van der Waals surface area contributed by atoms with Crippen molar-refractivity contribution >= 4 is 37.9 Å². The van der Waals surface area contributed by atoms with Gasteiger partial charge in [0.25, 0.3) is 0 Å². The van der Waals surface area contributed by atoms with E-state index in [0.29, 0.717) is 17.4 Å². The highest BCUT2D eigenvalue weighted by Gasteiger charge is 2.31. The maximum atomic E-state index is 12.3. The summed E-state index contributed by atoms with van der Waals surface area (Å²) in [6.45, 7) is 0.562. The molecule has 1 aromatic rings. The number of nitrogens with one attached hydrogen (secondary N) is 1. The van der Waals surface area contributed by atoms with Crippen LogP contribution in [0.1, 0.15) is 12.8 Å². The third-order valence-corrected chi connectivity index (χ3v) is 5.23. The largest absolute Gasteiger partial charge is 0.469 e. The van der Waals surface area contributed by atoms with Crippen molar-refractivity contribution in [3.05, 3.63) is 22.8 Å². The van der Waals surface area contributed by atoms with Crippen LogP contribution in [0.5, 0.6) is 0 Å². The molecule has 0 bridgehead atoms. The molecule has 21 heavy (non-hydrogen) atoms.